The molecule has 0 saturated carbocycles. The Bertz CT molecular complexity index is 535. The topological polar surface area (TPSA) is 64.6 Å². The predicted octanol–water partition coefficient (Wildman–Crippen LogP) is 1.83. The first-order valence-electron chi connectivity index (χ1n) is 9.18. The summed E-state index contributed by atoms with van der Waals surface area (Å²) < 4.78 is 0. The van der Waals surface area contributed by atoms with Crippen LogP contribution in [0.2, 0.25) is 0 Å². The van der Waals surface area contributed by atoms with Gasteiger partial charge in [0.2, 0.25) is 5.91 Å². The lowest BCUT2D eigenvalue weighted by Gasteiger charge is -2.31. The van der Waals surface area contributed by atoms with Crippen molar-refractivity contribution in [3.8, 4) is 0 Å². The van der Waals surface area contributed by atoms with Crippen molar-refractivity contribution in [2.24, 2.45) is 11.8 Å². The molecule has 3 rings (SSSR count). The Kier molecular flexibility index (Phi) is 6.24. The van der Waals surface area contributed by atoms with Gasteiger partial charge in [-0.1, -0.05) is 12.1 Å². The summed E-state index contributed by atoms with van der Waals surface area (Å²) in [6.07, 6.45) is 3.99. The van der Waals surface area contributed by atoms with E-state index in [1.54, 1.807) is 0 Å². The van der Waals surface area contributed by atoms with Crippen molar-refractivity contribution < 1.29 is 9.90 Å². The van der Waals surface area contributed by atoms with E-state index in [4.69, 9.17) is 0 Å². The number of nitrogens with one attached hydrogen (secondary N) is 2. The van der Waals surface area contributed by atoms with Gasteiger partial charge in [0.05, 0.1) is 0 Å². The van der Waals surface area contributed by atoms with Crippen molar-refractivity contribution in [1.29, 1.82) is 0 Å². The Balaban J connectivity index is 1.53. The summed E-state index contributed by atoms with van der Waals surface area (Å²) in [5.74, 6) is 0.752. The molecular weight excluding hydrogens is 302 g/mol. The maximum atomic E-state index is 12.4. The third kappa shape index (κ3) is 4.79. The van der Waals surface area contributed by atoms with Crippen LogP contribution >= 0.6 is 0 Å². The highest BCUT2D eigenvalue weighted by Gasteiger charge is 2.21. The van der Waals surface area contributed by atoms with Crippen molar-refractivity contribution in [1.82, 2.24) is 10.2 Å². The Morgan fingerprint density at radius 1 is 1.21 bits per heavy atom. The molecule has 0 aromatic heterocycles. The maximum absolute atomic E-state index is 12.4. The van der Waals surface area contributed by atoms with E-state index in [0.717, 1.165) is 64.1 Å². The molecular formula is C19H29N3O2. The molecule has 5 nitrogen and oxygen atoms in total. The Morgan fingerprint density at radius 2 is 1.96 bits per heavy atom. The number of benzene rings is 1. The quantitative estimate of drug-likeness (QED) is 0.770. The molecule has 0 atom stereocenters. The average molecular weight is 331 g/mol. The molecule has 0 aliphatic carbocycles. The molecule has 3 N–H and O–H groups in total. The Hall–Kier alpha value is -1.43. The summed E-state index contributed by atoms with van der Waals surface area (Å²) >= 11 is 0. The van der Waals surface area contributed by atoms with Gasteiger partial charge in [0, 0.05) is 24.8 Å². The highest BCUT2D eigenvalue weighted by atomic mass is 16.3. The molecule has 2 aliphatic heterocycles. The number of hydrogen-bond acceptors (Lipinski definition) is 4. The normalized spacial score (nSPS) is 20.9. The van der Waals surface area contributed by atoms with Crippen LogP contribution in [0, 0.1) is 11.8 Å². The van der Waals surface area contributed by atoms with E-state index in [-0.39, 0.29) is 11.8 Å². The molecule has 0 spiro atoms. The van der Waals surface area contributed by atoms with Gasteiger partial charge in [0.15, 0.2) is 0 Å². The van der Waals surface area contributed by atoms with Gasteiger partial charge in [0.1, 0.15) is 0 Å². The average Bonchev–Trinajstić information content (AvgIpc) is 2.63. The number of anilines is 1. The third-order valence-corrected chi connectivity index (χ3v) is 5.28. The molecule has 5 heteroatoms. The lowest BCUT2D eigenvalue weighted by molar-refractivity contribution is -0.120. The number of likely N-dealkylation sites (tertiary alicyclic amines) is 1. The molecule has 1 amide bonds. The van der Waals surface area contributed by atoms with Crippen molar-refractivity contribution in [3.63, 3.8) is 0 Å². The molecule has 2 fully saturated rings. The molecule has 0 radical (unpaired) electrons. The van der Waals surface area contributed by atoms with Gasteiger partial charge >= 0.3 is 0 Å². The molecule has 1 aromatic carbocycles. The van der Waals surface area contributed by atoms with E-state index in [1.807, 2.05) is 12.1 Å². The van der Waals surface area contributed by atoms with E-state index in [2.05, 4.69) is 27.7 Å². The number of carbonyl (C=O) groups is 1. The first kappa shape index (κ1) is 17.4. The number of piperidine rings is 2. The lowest BCUT2D eigenvalue weighted by atomic mass is 9.97. The highest BCUT2D eigenvalue weighted by Crippen LogP contribution is 2.20. The summed E-state index contributed by atoms with van der Waals surface area (Å²) in [6.45, 7) is 5.17. The fourth-order valence-electron chi connectivity index (χ4n) is 3.66. The molecule has 0 bridgehead atoms. The number of amides is 1. The zero-order valence-electron chi connectivity index (χ0n) is 14.3. The number of carbonyl (C=O) groups excluding carboxylic acids is 1. The Labute approximate surface area is 144 Å². The van der Waals surface area contributed by atoms with Crippen LogP contribution in [0.5, 0.6) is 0 Å². The zero-order valence-corrected chi connectivity index (χ0v) is 14.3. The van der Waals surface area contributed by atoms with Gasteiger partial charge in [-0.15, -0.1) is 0 Å². The summed E-state index contributed by atoms with van der Waals surface area (Å²) in [5.41, 5.74) is 2.14. The first-order valence-corrected chi connectivity index (χ1v) is 9.18. The minimum absolute atomic E-state index is 0.132. The van der Waals surface area contributed by atoms with Crippen LogP contribution in [-0.2, 0) is 11.3 Å². The van der Waals surface area contributed by atoms with Crippen LogP contribution in [0.3, 0.4) is 0 Å². The molecule has 1 aromatic rings. The molecule has 2 saturated heterocycles. The largest absolute Gasteiger partial charge is 0.396 e. The van der Waals surface area contributed by atoms with Crippen LogP contribution < -0.4 is 10.6 Å². The van der Waals surface area contributed by atoms with Crippen LogP contribution in [-0.4, -0.2) is 48.7 Å². The number of hydrogen-bond donors (Lipinski definition) is 3. The second-order valence-electron chi connectivity index (χ2n) is 7.12. The zero-order chi connectivity index (χ0) is 16.8. The third-order valence-electron chi connectivity index (χ3n) is 5.28. The second-order valence-corrected chi connectivity index (χ2v) is 7.12. The van der Waals surface area contributed by atoms with Crippen LogP contribution in [0.15, 0.2) is 24.3 Å². The molecule has 2 aliphatic rings. The van der Waals surface area contributed by atoms with Crippen LogP contribution in [0.25, 0.3) is 0 Å². The minimum atomic E-state index is 0.132. The lowest BCUT2D eigenvalue weighted by Crippen LogP contribution is -2.35. The van der Waals surface area contributed by atoms with E-state index < -0.39 is 0 Å². The molecule has 2 heterocycles. The number of nitrogens with zero attached hydrogens (tertiary/aromatic N) is 1. The standard InChI is InChI=1S/C19H29N3O2/c23-14-15-6-10-22(11-7-15)13-16-2-1-3-18(12-16)21-19(24)17-4-8-20-9-5-17/h1-3,12,15,17,20,23H,4-11,13-14H2,(H,21,24). The van der Waals surface area contributed by atoms with Gasteiger partial charge in [-0.25, -0.2) is 0 Å². The van der Waals surface area contributed by atoms with Gasteiger partial charge in [-0.05, 0) is 75.5 Å². The van der Waals surface area contributed by atoms with Crippen LogP contribution in [0.1, 0.15) is 31.2 Å². The second kappa shape index (κ2) is 8.60. The summed E-state index contributed by atoms with van der Waals surface area (Å²) in [5, 5.41) is 15.6. The van der Waals surface area contributed by atoms with Crippen molar-refractivity contribution in [2.75, 3.05) is 38.1 Å². The number of aliphatic hydroxyl groups excluding tert-OH is 1. The van der Waals surface area contributed by atoms with Crippen molar-refractivity contribution >= 4 is 11.6 Å². The van der Waals surface area contributed by atoms with Crippen LogP contribution in [0.4, 0.5) is 5.69 Å². The predicted molar refractivity (Wildman–Crippen MR) is 95.8 cm³/mol. The fourth-order valence-corrected chi connectivity index (χ4v) is 3.66. The van der Waals surface area contributed by atoms with Gasteiger partial charge in [-0.3, -0.25) is 9.69 Å². The Morgan fingerprint density at radius 3 is 2.67 bits per heavy atom. The number of aliphatic hydroxyl groups is 1. The monoisotopic (exact) mass is 331 g/mol. The number of rotatable bonds is 5. The van der Waals surface area contributed by atoms with E-state index in [0.29, 0.717) is 12.5 Å². The van der Waals surface area contributed by atoms with Gasteiger partial charge < -0.3 is 15.7 Å². The summed E-state index contributed by atoms with van der Waals surface area (Å²) in [7, 11) is 0. The smallest absolute Gasteiger partial charge is 0.227 e. The maximum Gasteiger partial charge on any atom is 0.227 e. The van der Waals surface area contributed by atoms with Gasteiger partial charge in [-0.2, -0.15) is 0 Å². The summed E-state index contributed by atoms with van der Waals surface area (Å²) in [6, 6.07) is 8.21. The van der Waals surface area contributed by atoms with E-state index >= 15 is 0 Å². The molecule has 0 unspecified atom stereocenters. The highest BCUT2D eigenvalue weighted by molar-refractivity contribution is 5.92. The first-order chi connectivity index (χ1) is 11.7. The van der Waals surface area contributed by atoms with E-state index in [1.165, 1.54) is 5.56 Å². The fraction of sp³-hybridized carbons (Fsp3) is 0.632. The molecule has 24 heavy (non-hydrogen) atoms. The molecule has 132 valence electrons. The van der Waals surface area contributed by atoms with E-state index in [9.17, 15) is 9.90 Å². The SMILES string of the molecule is O=C(Nc1cccc(CN2CCC(CO)CC2)c1)C1CCNCC1. The minimum Gasteiger partial charge on any atom is -0.396 e. The van der Waals surface area contributed by atoms with Crippen molar-refractivity contribution in [2.45, 2.75) is 32.2 Å². The van der Waals surface area contributed by atoms with Crippen molar-refractivity contribution in [3.05, 3.63) is 29.8 Å². The van der Waals surface area contributed by atoms with Gasteiger partial charge in [0.25, 0.3) is 0 Å². The summed E-state index contributed by atoms with van der Waals surface area (Å²) in [4.78, 5) is 14.8.